The second-order valence-electron chi connectivity index (χ2n) is 10.8. The standard InChI is InChI=1S/C29H46F2GeN2O2/c1-6-8-10-11-13-15-28(32(3,4)5)36-25-20-33-29(34-21-25)23-16-18-24(19-17-23)35-22-27(31)26(30)14-12-9-7-2/h16-21,26-28H,6-15,22H2,1-5H3/t26-,27-,28?/m1/s1. The second kappa shape index (κ2) is 16.2. The van der Waals surface area contributed by atoms with Crippen LogP contribution in [0.5, 0.6) is 11.5 Å². The molecule has 1 unspecified atom stereocenters. The first-order chi connectivity index (χ1) is 17.2. The third kappa shape index (κ3) is 11.1. The molecule has 0 fully saturated rings. The van der Waals surface area contributed by atoms with Gasteiger partial charge in [-0.3, -0.25) is 0 Å². The van der Waals surface area contributed by atoms with Crippen LogP contribution in [0.2, 0.25) is 17.3 Å². The number of hydrogen-bond acceptors (Lipinski definition) is 4. The Morgan fingerprint density at radius 1 is 0.750 bits per heavy atom. The number of unbranched alkanes of at least 4 members (excludes halogenated alkanes) is 6. The molecule has 7 heteroatoms. The van der Waals surface area contributed by atoms with E-state index in [0.29, 0.717) is 23.7 Å². The fraction of sp³-hybridized carbons (Fsp3) is 0.655. The van der Waals surface area contributed by atoms with Crippen molar-refractivity contribution < 1.29 is 18.3 Å². The first kappa shape index (κ1) is 30.5. The molecule has 0 N–H and O–H groups in total. The number of benzene rings is 1. The summed E-state index contributed by atoms with van der Waals surface area (Å²) in [6, 6.07) is 7.14. The molecular weight excluding hydrogens is 519 g/mol. The van der Waals surface area contributed by atoms with Crippen LogP contribution in [-0.4, -0.2) is 47.1 Å². The maximum atomic E-state index is 14.0. The summed E-state index contributed by atoms with van der Waals surface area (Å²) < 4.78 is 39.8. The molecule has 2 rings (SSSR count). The SMILES string of the molecule is CCCCCCC[CH](Oc1cnc(-c2ccc(OC[C@@H](F)[C@H](F)CCCCC)cc2)nc1)[Ge]([CH3])([CH3])[CH3]. The molecule has 0 bridgehead atoms. The minimum absolute atomic E-state index is 0.243. The van der Waals surface area contributed by atoms with Crippen LogP contribution in [0, 0.1) is 0 Å². The summed E-state index contributed by atoms with van der Waals surface area (Å²) in [5.41, 5.74) is 0.828. The monoisotopic (exact) mass is 566 g/mol. The fourth-order valence-electron chi connectivity index (χ4n) is 4.04. The van der Waals surface area contributed by atoms with E-state index in [1.54, 1.807) is 24.5 Å². The number of alkyl halides is 2. The number of aromatic nitrogens is 2. The van der Waals surface area contributed by atoms with E-state index in [9.17, 15) is 8.78 Å². The zero-order chi connectivity index (χ0) is 26.4. The van der Waals surface area contributed by atoms with Crippen molar-refractivity contribution in [2.24, 2.45) is 0 Å². The summed E-state index contributed by atoms with van der Waals surface area (Å²) in [5, 5.41) is 0. The Hall–Kier alpha value is -1.70. The minimum atomic E-state index is -2.03. The van der Waals surface area contributed by atoms with Gasteiger partial charge in [-0.1, -0.05) is 26.2 Å². The molecule has 3 atom stereocenters. The molecule has 0 spiro atoms. The topological polar surface area (TPSA) is 44.2 Å². The van der Waals surface area contributed by atoms with Crippen LogP contribution in [0.4, 0.5) is 8.78 Å². The van der Waals surface area contributed by atoms with Crippen molar-refractivity contribution in [3.05, 3.63) is 36.7 Å². The van der Waals surface area contributed by atoms with E-state index in [1.165, 1.54) is 32.1 Å². The average Bonchev–Trinajstić information content (AvgIpc) is 2.86. The summed E-state index contributed by atoms with van der Waals surface area (Å²) in [5.74, 6) is 8.97. The Kier molecular flexibility index (Phi) is 13.7. The zero-order valence-electron chi connectivity index (χ0n) is 22.9. The summed E-state index contributed by atoms with van der Waals surface area (Å²) in [6.45, 7) is 4.00. The van der Waals surface area contributed by atoms with Crippen molar-refractivity contribution in [1.29, 1.82) is 0 Å². The van der Waals surface area contributed by atoms with Gasteiger partial charge in [-0.25, -0.2) is 8.78 Å². The molecule has 1 heterocycles. The van der Waals surface area contributed by atoms with Gasteiger partial charge in [0.15, 0.2) is 6.17 Å². The van der Waals surface area contributed by atoms with Gasteiger partial charge in [0.25, 0.3) is 0 Å². The summed E-state index contributed by atoms with van der Waals surface area (Å²) in [6.07, 6.45) is 10.7. The first-order valence-corrected chi connectivity index (χ1v) is 21.2. The second-order valence-corrected chi connectivity index (χ2v) is 22.1. The Labute approximate surface area is 220 Å². The zero-order valence-corrected chi connectivity index (χ0v) is 25.0. The summed E-state index contributed by atoms with van der Waals surface area (Å²) >= 11 is -2.03. The van der Waals surface area contributed by atoms with Gasteiger partial charge in [-0.2, -0.15) is 0 Å². The average molecular weight is 565 g/mol. The van der Waals surface area contributed by atoms with Crippen LogP contribution in [-0.2, 0) is 0 Å². The van der Waals surface area contributed by atoms with Crippen molar-refractivity contribution in [3.8, 4) is 22.9 Å². The number of hydrogen-bond donors (Lipinski definition) is 0. The van der Waals surface area contributed by atoms with Crippen LogP contribution >= 0.6 is 0 Å². The van der Waals surface area contributed by atoms with Gasteiger partial charge in [0, 0.05) is 0 Å². The molecule has 0 aliphatic heterocycles. The summed E-state index contributed by atoms with van der Waals surface area (Å²) in [4.78, 5) is 9.29. The van der Waals surface area contributed by atoms with Gasteiger partial charge in [-0.15, -0.1) is 0 Å². The molecule has 1 aromatic heterocycles. The van der Waals surface area contributed by atoms with Crippen LogP contribution in [0.15, 0.2) is 36.7 Å². The van der Waals surface area contributed by atoms with Gasteiger partial charge in [0.1, 0.15) is 6.17 Å². The molecule has 0 aliphatic carbocycles. The molecule has 0 radical (unpaired) electrons. The third-order valence-corrected chi connectivity index (χ3v) is 11.3. The number of halogens is 2. The van der Waals surface area contributed by atoms with E-state index in [-0.39, 0.29) is 18.0 Å². The van der Waals surface area contributed by atoms with Crippen LogP contribution in [0.25, 0.3) is 11.4 Å². The number of rotatable bonds is 18. The molecule has 4 nitrogen and oxygen atoms in total. The van der Waals surface area contributed by atoms with E-state index in [4.69, 9.17) is 9.47 Å². The van der Waals surface area contributed by atoms with Crippen molar-refractivity contribution in [2.75, 3.05) is 6.61 Å². The van der Waals surface area contributed by atoms with Crippen molar-refractivity contribution in [3.63, 3.8) is 0 Å². The van der Waals surface area contributed by atoms with E-state index in [0.717, 1.165) is 24.8 Å². The van der Waals surface area contributed by atoms with Gasteiger partial charge in [0.05, 0.1) is 0 Å². The third-order valence-electron chi connectivity index (χ3n) is 6.44. The van der Waals surface area contributed by atoms with Gasteiger partial charge in [0.2, 0.25) is 0 Å². The number of nitrogens with zero attached hydrogens (tertiary/aromatic N) is 2. The van der Waals surface area contributed by atoms with E-state index in [1.807, 2.05) is 19.1 Å². The van der Waals surface area contributed by atoms with Crippen molar-refractivity contribution in [2.45, 2.75) is 113 Å². The molecule has 1 aromatic carbocycles. The number of ether oxygens (including phenoxy) is 2. The van der Waals surface area contributed by atoms with Crippen LogP contribution in [0.1, 0.15) is 78.1 Å². The van der Waals surface area contributed by atoms with Crippen LogP contribution < -0.4 is 9.47 Å². The predicted octanol–water partition coefficient (Wildman–Crippen LogP) is 8.76. The molecular formula is C29H46F2GeN2O2. The Bertz CT molecular complexity index is 844. The van der Waals surface area contributed by atoms with Crippen molar-refractivity contribution in [1.82, 2.24) is 9.97 Å². The van der Waals surface area contributed by atoms with Crippen LogP contribution in [0.3, 0.4) is 0 Å². The Morgan fingerprint density at radius 3 is 1.94 bits per heavy atom. The molecule has 36 heavy (non-hydrogen) atoms. The maximum absolute atomic E-state index is 14.0. The normalized spacial score (nSPS) is 14.3. The summed E-state index contributed by atoms with van der Waals surface area (Å²) in [7, 11) is 0. The van der Waals surface area contributed by atoms with Gasteiger partial charge in [-0.05, 0) is 6.42 Å². The predicted molar refractivity (Wildman–Crippen MR) is 148 cm³/mol. The molecule has 202 valence electrons. The Morgan fingerprint density at radius 2 is 1.33 bits per heavy atom. The quantitative estimate of drug-likeness (QED) is 0.134. The van der Waals surface area contributed by atoms with Crippen molar-refractivity contribution >= 4 is 13.3 Å². The van der Waals surface area contributed by atoms with E-state index >= 15 is 0 Å². The molecule has 0 aliphatic rings. The fourth-order valence-corrected chi connectivity index (χ4v) is 7.32. The van der Waals surface area contributed by atoms with Gasteiger partial charge >= 0.3 is 167 Å². The molecule has 0 saturated carbocycles. The Balaban J connectivity index is 1.88. The van der Waals surface area contributed by atoms with E-state index in [2.05, 4.69) is 34.2 Å². The molecule has 0 saturated heterocycles. The molecule has 0 amide bonds. The van der Waals surface area contributed by atoms with Gasteiger partial charge < -0.3 is 0 Å². The first-order valence-electron chi connectivity index (χ1n) is 13.7. The molecule has 2 aromatic rings. The van der Waals surface area contributed by atoms with E-state index < -0.39 is 25.6 Å².